The molecular formula is C9H18NO7P. The monoisotopic (exact) mass is 283 g/mol. The molecule has 0 aromatic carbocycles. The average Bonchev–Trinajstić information content (AvgIpc) is 2.11. The van der Waals surface area contributed by atoms with Gasteiger partial charge in [0.1, 0.15) is 6.54 Å². The van der Waals surface area contributed by atoms with Crippen LogP contribution in [0.5, 0.6) is 0 Å². The van der Waals surface area contributed by atoms with E-state index in [9.17, 15) is 14.2 Å². The summed E-state index contributed by atoms with van der Waals surface area (Å²) in [5.74, 6) is -1.64. The molecule has 0 saturated heterocycles. The molecule has 0 aromatic heterocycles. The van der Waals surface area contributed by atoms with Gasteiger partial charge in [-0.05, 0) is 0 Å². The standard InChI is InChI=1S/C9H18NO7P/c1-9(2,3)8(13)10(6-7(11)12)4-5-17-18(14,15)16/h4-6H2,1-3H3,(H,11,12)(H2,14,15,16). The molecule has 8 nitrogen and oxygen atoms in total. The average molecular weight is 283 g/mol. The highest BCUT2D eigenvalue weighted by molar-refractivity contribution is 7.46. The summed E-state index contributed by atoms with van der Waals surface area (Å²) < 4.78 is 14.6. The van der Waals surface area contributed by atoms with Gasteiger partial charge in [0, 0.05) is 12.0 Å². The number of carboxylic acids is 1. The Balaban J connectivity index is 4.56. The Labute approximate surface area is 105 Å². The Hall–Kier alpha value is -0.950. The van der Waals surface area contributed by atoms with E-state index in [-0.39, 0.29) is 6.54 Å². The van der Waals surface area contributed by atoms with E-state index in [0.29, 0.717) is 0 Å². The van der Waals surface area contributed by atoms with Crippen LogP contribution in [-0.4, -0.2) is 51.4 Å². The topological polar surface area (TPSA) is 124 Å². The van der Waals surface area contributed by atoms with Gasteiger partial charge in [0.15, 0.2) is 0 Å². The second kappa shape index (κ2) is 6.29. The minimum absolute atomic E-state index is 0.201. The van der Waals surface area contributed by atoms with Gasteiger partial charge in [-0.3, -0.25) is 14.1 Å². The third-order valence-corrected chi connectivity index (χ3v) is 2.39. The van der Waals surface area contributed by atoms with Gasteiger partial charge in [-0.1, -0.05) is 20.8 Å². The third kappa shape index (κ3) is 7.39. The van der Waals surface area contributed by atoms with E-state index >= 15 is 0 Å². The van der Waals surface area contributed by atoms with Gasteiger partial charge in [-0.15, -0.1) is 0 Å². The zero-order valence-electron chi connectivity index (χ0n) is 10.5. The molecule has 0 heterocycles. The minimum atomic E-state index is -4.61. The molecule has 18 heavy (non-hydrogen) atoms. The fourth-order valence-electron chi connectivity index (χ4n) is 1.16. The number of carbonyl (C=O) groups excluding carboxylic acids is 1. The number of phosphoric acid groups is 1. The first-order valence-corrected chi connectivity index (χ1v) is 6.68. The number of rotatable bonds is 6. The van der Waals surface area contributed by atoms with Crippen LogP contribution in [0.3, 0.4) is 0 Å². The van der Waals surface area contributed by atoms with E-state index in [1.807, 2.05) is 0 Å². The Morgan fingerprint density at radius 2 is 1.78 bits per heavy atom. The fraction of sp³-hybridized carbons (Fsp3) is 0.778. The first kappa shape index (κ1) is 17.1. The van der Waals surface area contributed by atoms with Gasteiger partial charge >= 0.3 is 13.8 Å². The molecule has 106 valence electrons. The fourth-order valence-corrected chi connectivity index (χ4v) is 1.48. The third-order valence-electron chi connectivity index (χ3n) is 1.88. The van der Waals surface area contributed by atoms with Crippen LogP contribution in [0.1, 0.15) is 20.8 Å². The maximum Gasteiger partial charge on any atom is 0.469 e. The lowest BCUT2D eigenvalue weighted by Gasteiger charge is -2.28. The Morgan fingerprint density at radius 1 is 1.28 bits per heavy atom. The Bertz CT molecular complexity index is 356. The maximum atomic E-state index is 11.9. The molecule has 0 fully saturated rings. The first-order valence-electron chi connectivity index (χ1n) is 5.15. The summed E-state index contributed by atoms with van der Waals surface area (Å²) in [5, 5.41) is 8.67. The van der Waals surface area contributed by atoms with Gasteiger partial charge in [-0.2, -0.15) is 0 Å². The number of carbonyl (C=O) groups is 2. The summed E-state index contributed by atoms with van der Waals surface area (Å²) in [4.78, 5) is 40.4. The number of carboxylic acid groups (broad SMARTS) is 1. The highest BCUT2D eigenvalue weighted by Crippen LogP contribution is 2.35. The maximum absolute atomic E-state index is 11.9. The minimum Gasteiger partial charge on any atom is -0.480 e. The lowest BCUT2D eigenvalue weighted by molar-refractivity contribution is -0.148. The second-order valence-electron chi connectivity index (χ2n) is 4.69. The number of amides is 1. The number of nitrogens with zero attached hydrogens (tertiary/aromatic N) is 1. The summed E-state index contributed by atoms with van der Waals surface area (Å²) in [6, 6.07) is 0. The van der Waals surface area contributed by atoms with Crippen molar-refractivity contribution < 1.29 is 33.6 Å². The van der Waals surface area contributed by atoms with Crippen molar-refractivity contribution in [3.63, 3.8) is 0 Å². The van der Waals surface area contributed by atoms with E-state index in [1.54, 1.807) is 20.8 Å². The van der Waals surface area contributed by atoms with Crippen LogP contribution in [0.4, 0.5) is 0 Å². The molecule has 0 aliphatic heterocycles. The zero-order chi connectivity index (χ0) is 14.6. The molecule has 3 N–H and O–H groups in total. The van der Waals surface area contributed by atoms with E-state index in [2.05, 4.69) is 4.52 Å². The van der Waals surface area contributed by atoms with Crippen LogP contribution >= 0.6 is 7.82 Å². The molecule has 0 rings (SSSR count). The molecule has 0 bridgehead atoms. The van der Waals surface area contributed by atoms with Gasteiger partial charge in [0.25, 0.3) is 0 Å². The van der Waals surface area contributed by atoms with Crippen LogP contribution in [0.15, 0.2) is 0 Å². The molecule has 0 saturated carbocycles. The lowest BCUT2D eigenvalue weighted by atomic mass is 9.95. The number of phosphoric ester groups is 1. The molecule has 9 heteroatoms. The van der Waals surface area contributed by atoms with E-state index in [1.165, 1.54) is 0 Å². The predicted octanol–water partition coefficient (Wildman–Crippen LogP) is 0.0550. The highest BCUT2D eigenvalue weighted by Gasteiger charge is 2.28. The Morgan fingerprint density at radius 3 is 2.11 bits per heavy atom. The number of hydrogen-bond acceptors (Lipinski definition) is 4. The Kier molecular flexibility index (Phi) is 5.95. The quantitative estimate of drug-likeness (QED) is 0.588. The van der Waals surface area contributed by atoms with Gasteiger partial charge in [0.2, 0.25) is 5.91 Å². The summed E-state index contributed by atoms with van der Waals surface area (Å²) in [7, 11) is -4.61. The SMILES string of the molecule is CC(C)(C)C(=O)N(CCOP(=O)(O)O)CC(=O)O. The molecule has 0 atom stereocenters. The van der Waals surface area contributed by atoms with Gasteiger partial charge in [-0.25, -0.2) is 4.57 Å². The summed E-state index contributed by atoms with van der Waals surface area (Å²) in [6.45, 7) is 3.68. The number of aliphatic carboxylic acids is 1. The van der Waals surface area contributed by atoms with Crippen molar-refractivity contribution in [1.82, 2.24) is 4.90 Å². The lowest BCUT2D eigenvalue weighted by Crippen LogP contribution is -2.43. The van der Waals surface area contributed by atoms with E-state index in [0.717, 1.165) is 4.90 Å². The predicted molar refractivity (Wildman–Crippen MR) is 61.7 cm³/mol. The molecule has 0 radical (unpaired) electrons. The van der Waals surface area contributed by atoms with Gasteiger partial charge < -0.3 is 19.8 Å². The smallest absolute Gasteiger partial charge is 0.469 e. The van der Waals surface area contributed by atoms with Crippen LogP contribution in [0.2, 0.25) is 0 Å². The second-order valence-corrected chi connectivity index (χ2v) is 5.93. The molecule has 0 spiro atoms. The van der Waals surface area contributed by atoms with Crippen molar-refractivity contribution in [3.8, 4) is 0 Å². The van der Waals surface area contributed by atoms with Crippen molar-refractivity contribution in [2.24, 2.45) is 5.41 Å². The van der Waals surface area contributed by atoms with Gasteiger partial charge in [0.05, 0.1) is 6.61 Å². The molecule has 0 unspecified atom stereocenters. The van der Waals surface area contributed by atoms with Crippen molar-refractivity contribution in [2.45, 2.75) is 20.8 Å². The van der Waals surface area contributed by atoms with Crippen LogP contribution in [0, 0.1) is 5.41 Å². The van der Waals surface area contributed by atoms with Crippen LogP contribution in [-0.2, 0) is 18.7 Å². The number of hydrogen-bond donors (Lipinski definition) is 3. The first-order chi connectivity index (χ1) is 7.93. The summed E-state index contributed by atoms with van der Waals surface area (Å²) in [6.07, 6.45) is 0. The van der Waals surface area contributed by atoms with E-state index < -0.39 is 38.3 Å². The summed E-state index contributed by atoms with van der Waals surface area (Å²) in [5.41, 5.74) is -0.780. The summed E-state index contributed by atoms with van der Waals surface area (Å²) >= 11 is 0. The molecule has 0 aliphatic carbocycles. The highest BCUT2D eigenvalue weighted by atomic mass is 31.2. The molecule has 0 aromatic rings. The normalized spacial score (nSPS) is 12.3. The molecular weight excluding hydrogens is 265 g/mol. The molecule has 0 aliphatic rings. The van der Waals surface area contributed by atoms with Crippen LogP contribution in [0.25, 0.3) is 0 Å². The zero-order valence-corrected chi connectivity index (χ0v) is 11.4. The largest absolute Gasteiger partial charge is 0.480 e. The van der Waals surface area contributed by atoms with Crippen molar-refractivity contribution >= 4 is 19.7 Å². The van der Waals surface area contributed by atoms with E-state index in [4.69, 9.17) is 14.9 Å². The van der Waals surface area contributed by atoms with Crippen molar-refractivity contribution in [2.75, 3.05) is 19.7 Å². The van der Waals surface area contributed by atoms with Crippen LogP contribution < -0.4 is 0 Å². The van der Waals surface area contributed by atoms with Crippen molar-refractivity contribution in [1.29, 1.82) is 0 Å². The van der Waals surface area contributed by atoms with Crippen molar-refractivity contribution in [3.05, 3.63) is 0 Å². The molecule has 1 amide bonds.